The van der Waals surface area contributed by atoms with Crippen LogP contribution in [0.5, 0.6) is 0 Å². The van der Waals surface area contributed by atoms with Crippen molar-refractivity contribution in [2.75, 3.05) is 7.11 Å². The molecule has 0 heterocycles. The van der Waals surface area contributed by atoms with Gasteiger partial charge in [0, 0.05) is 29.2 Å². The molecular weight excluding hydrogens is 519 g/mol. The van der Waals surface area contributed by atoms with Crippen LogP contribution in [0, 0.1) is 29.1 Å². The molecule has 9 heteroatoms. The van der Waals surface area contributed by atoms with Crippen molar-refractivity contribution >= 4 is 11.8 Å². The molecule has 0 saturated heterocycles. The Morgan fingerprint density at radius 1 is 1.08 bits per heavy atom. The summed E-state index contributed by atoms with van der Waals surface area (Å²) in [5.74, 6) is -2.32. The topological polar surface area (TPSA) is 63.6 Å². The minimum absolute atomic E-state index is 0.0265. The molecule has 1 aromatic carbocycles. The summed E-state index contributed by atoms with van der Waals surface area (Å²) < 4.78 is 75.6. The number of methoxy groups -OCH3 is 1. The number of halogens is 5. The van der Waals surface area contributed by atoms with Crippen molar-refractivity contribution in [1.29, 1.82) is 0 Å². The molecule has 0 aliphatic heterocycles. The average molecular weight is 549 g/mol. The number of aliphatic hydroxyl groups is 1. The second kappa shape index (κ2) is 9.29. The van der Waals surface area contributed by atoms with Gasteiger partial charge in [0.05, 0.1) is 7.11 Å². The van der Waals surface area contributed by atoms with Crippen molar-refractivity contribution in [2.24, 2.45) is 17.3 Å². The molecule has 2 fully saturated rings. The van der Waals surface area contributed by atoms with E-state index in [-0.39, 0.29) is 24.5 Å². The fourth-order valence-electron chi connectivity index (χ4n) is 7.69. The standard InChI is InChI=1S/C30H29F5O4/c1-27-16-23(18-6-3-17(4-7-18)5-12-25(37)39-2)26-21-11-9-20(36)15-19(21)8-10-22(26)24(27)13-14-28(27,38)29(31,32)30(33,34)35/h3-4,6-7,15,22-24,38H,8-11,13-14,16H2,1-2H3/t22-,23+,24-,27-,28-/m0/s1. The van der Waals surface area contributed by atoms with Gasteiger partial charge in [0.1, 0.15) is 5.60 Å². The molecule has 0 bridgehead atoms. The molecule has 0 spiro atoms. The van der Waals surface area contributed by atoms with Crippen molar-refractivity contribution in [1.82, 2.24) is 0 Å². The third kappa shape index (κ3) is 4.14. The van der Waals surface area contributed by atoms with E-state index in [0.717, 1.165) is 16.7 Å². The number of rotatable bonds is 2. The molecule has 208 valence electrons. The number of esters is 1. The van der Waals surface area contributed by atoms with Gasteiger partial charge in [-0.3, -0.25) is 4.79 Å². The van der Waals surface area contributed by atoms with Gasteiger partial charge in [-0.2, -0.15) is 22.0 Å². The van der Waals surface area contributed by atoms with Gasteiger partial charge in [0.2, 0.25) is 0 Å². The number of carbonyl (C=O) groups excluding carboxylic acids is 2. The minimum Gasteiger partial charge on any atom is -0.459 e. The van der Waals surface area contributed by atoms with Crippen LogP contribution >= 0.6 is 0 Å². The van der Waals surface area contributed by atoms with E-state index in [1.165, 1.54) is 14.0 Å². The first-order chi connectivity index (χ1) is 18.2. The molecular formula is C30H29F5O4. The van der Waals surface area contributed by atoms with Gasteiger partial charge in [-0.05, 0) is 85.3 Å². The van der Waals surface area contributed by atoms with Crippen molar-refractivity contribution in [3.05, 3.63) is 58.2 Å². The van der Waals surface area contributed by atoms with Crippen LogP contribution in [0.25, 0.3) is 0 Å². The molecule has 0 aromatic heterocycles. The van der Waals surface area contributed by atoms with Crippen molar-refractivity contribution in [3.63, 3.8) is 0 Å². The molecule has 39 heavy (non-hydrogen) atoms. The van der Waals surface area contributed by atoms with E-state index in [1.807, 2.05) is 0 Å². The van der Waals surface area contributed by atoms with Gasteiger partial charge in [-0.25, -0.2) is 4.79 Å². The predicted molar refractivity (Wildman–Crippen MR) is 132 cm³/mol. The Hall–Kier alpha value is -2.99. The molecule has 4 nitrogen and oxygen atoms in total. The molecule has 5 rings (SSSR count). The Morgan fingerprint density at radius 3 is 2.41 bits per heavy atom. The van der Waals surface area contributed by atoms with Gasteiger partial charge in [-0.15, -0.1) is 0 Å². The fourth-order valence-corrected chi connectivity index (χ4v) is 7.69. The number of fused-ring (bicyclic) bond motifs is 4. The van der Waals surface area contributed by atoms with Gasteiger partial charge < -0.3 is 9.84 Å². The highest BCUT2D eigenvalue weighted by Crippen LogP contribution is 2.70. The summed E-state index contributed by atoms with van der Waals surface area (Å²) >= 11 is 0. The summed E-state index contributed by atoms with van der Waals surface area (Å²) in [5.41, 5.74) is -0.829. The lowest BCUT2D eigenvalue weighted by molar-refractivity contribution is -0.362. The van der Waals surface area contributed by atoms with Crippen LogP contribution in [-0.4, -0.2) is 41.7 Å². The Morgan fingerprint density at radius 2 is 1.77 bits per heavy atom. The van der Waals surface area contributed by atoms with Crippen LogP contribution in [0.15, 0.2) is 47.1 Å². The first-order valence-electron chi connectivity index (χ1n) is 13.1. The maximum absolute atomic E-state index is 15.0. The Kier molecular flexibility index (Phi) is 6.57. The zero-order valence-corrected chi connectivity index (χ0v) is 21.6. The number of ether oxygens (including phenoxy) is 1. The quantitative estimate of drug-likeness (QED) is 0.278. The first kappa shape index (κ1) is 27.6. The van der Waals surface area contributed by atoms with Crippen molar-refractivity contribution < 1.29 is 41.4 Å². The van der Waals surface area contributed by atoms with E-state index in [1.54, 1.807) is 30.3 Å². The molecule has 1 N–H and O–H groups in total. The van der Waals surface area contributed by atoms with Crippen LogP contribution in [0.4, 0.5) is 22.0 Å². The molecule has 1 aromatic rings. The molecule has 0 amide bonds. The number of benzene rings is 1. The van der Waals surface area contributed by atoms with Gasteiger partial charge in [-0.1, -0.05) is 30.6 Å². The summed E-state index contributed by atoms with van der Waals surface area (Å²) in [6.07, 6.45) is -3.03. The lowest BCUT2D eigenvalue weighted by Gasteiger charge is -2.56. The predicted octanol–water partition coefficient (Wildman–Crippen LogP) is 6.04. The highest BCUT2D eigenvalue weighted by molar-refractivity contribution is 5.93. The second-order valence-corrected chi connectivity index (χ2v) is 11.3. The number of alkyl halides is 5. The third-order valence-electron chi connectivity index (χ3n) is 9.57. The van der Waals surface area contributed by atoms with Crippen LogP contribution < -0.4 is 0 Å². The molecule has 5 atom stereocenters. The van der Waals surface area contributed by atoms with Crippen molar-refractivity contribution in [2.45, 2.75) is 75.5 Å². The lowest BCUT2D eigenvalue weighted by atomic mass is 9.50. The van der Waals surface area contributed by atoms with E-state index in [0.29, 0.717) is 36.8 Å². The minimum atomic E-state index is -5.89. The Labute approximate surface area is 223 Å². The monoisotopic (exact) mass is 548 g/mol. The Bertz CT molecular complexity index is 1330. The third-order valence-corrected chi connectivity index (χ3v) is 9.57. The smallest absolute Gasteiger partial charge is 0.456 e. The average Bonchev–Trinajstić information content (AvgIpc) is 3.17. The lowest BCUT2D eigenvalue weighted by Crippen LogP contribution is -2.65. The first-order valence-corrected chi connectivity index (χ1v) is 13.1. The number of hydrogen-bond donors (Lipinski definition) is 1. The summed E-state index contributed by atoms with van der Waals surface area (Å²) in [6.45, 7) is 1.39. The molecule has 4 aliphatic rings. The summed E-state index contributed by atoms with van der Waals surface area (Å²) in [7, 11) is 1.21. The van der Waals surface area contributed by atoms with E-state index in [9.17, 15) is 27.9 Å². The maximum atomic E-state index is 15.0. The molecule has 0 unspecified atom stereocenters. The van der Waals surface area contributed by atoms with Crippen LogP contribution in [0.2, 0.25) is 0 Å². The summed E-state index contributed by atoms with van der Waals surface area (Å²) in [4.78, 5) is 23.5. The number of hydrogen-bond acceptors (Lipinski definition) is 4. The van der Waals surface area contributed by atoms with Gasteiger partial charge in [0.25, 0.3) is 0 Å². The molecule has 0 radical (unpaired) electrons. The van der Waals surface area contributed by atoms with Gasteiger partial charge >= 0.3 is 18.1 Å². The zero-order chi connectivity index (χ0) is 28.4. The van der Waals surface area contributed by atoms with E-state index in [2.05, 4.69) is 16.6 Å². The second-order valence-electron chi connectivity index (χ2n) is 11.3. The Balaban J connectivity index is 1.64. The van der Waals surface area contributed by atoms with E-state index >= 15 is 8.78 Å². The van der Waals surface area contributed by atoms with Gasteiger partial charge in [0.15, 0.2) is 5.78 Å². The normalized spacial score (nSPS) is 32.4. The number of carbonyl (C=O) groups is 2. The summed E-state index contributed by atoms with van der Waals surface area (Å²) in [5, 5.41) is 11.3. The SMILES string of the molecule is COC(=O)C#Cc1ccc([C@H]2C[C@@]3(C)[C@@H](CC[C@@]3(O)C(F)(F)C(F)(F)F)[C@@H]3CCC4=CC(=O)CCC4=C32)cc1. The number of ketones is 1. The largest absolute Gasteiger partial charge is 0.459 e. The fraction of sp³-hybridized carbons (Fsp3) is 0.533. The highest BCUT2D eigenvalue weighted by atomic mass is 19.4. The van der Waals surface area contributed by atoms with E-state index in [4.69, 9.17) is 0 Å². The van der Waals surface area contributed by atoms with Crippen LogP contribution in [0.1, 0.15) is 68.9 Å². The molecule has 2 saturated carbocycles. The number of allylic oxidation sites excluding steroid dienone is 4. The van der Waals surface area contributed by atoms with Crippen molar-refractivity contribution in [3.8, 4) is 11.8 Å². The zero-order valence-electron chi connectivity index (χ0n) is 21.6. The molecule has 4 aliphatic carbocycles. The summed E-state index contributed by atoms with van der Waals surface area (Å²) in [6, 6.07) is 6.80. The highest BCUT2D eigenvalue weighted by Gasteiger charge is 2.79. The van der Waals surface area contributed by atoms with Crippen LogP contribution in [-0.2, 0) is 14.3 Å². The maximum Gasteiger partial charge on any atom is 0.456 e. The van der Waals surface area contributed by atoms with E-state index < -0.39 is 47.3 Å². The van der Waals surface area contributed by atoms with Crippen LogP contribution in [0.3, 0.4) is 0 Å².